The highest BCUT2D eigenvalue weighted by Crippen LogP contribution is 2.47. The summed E-state index contributed by atoms with van der Waals surface area (Å²) in [6, 6.07) is 6.80. The van der Waals surface area contributed by atoms with Gasteiger partial charge in [-0.3, -0.25) is 4.99 Å². The number of nitrogens with zero attached hydrogens (tertiary/aromatic N) is 3. The van der Waals surface area contributed by atoms with Crippen LogP contribution in [0.3, 0.4) is 0 Å². The first-order valence-corrected chi connectivity index (χ1v) is 8.75. The summed E-state index contributed by atoms with van der Waals surface area (Å²) in [6.07, 6.45) is 0. The van der Waals surface area contributed by atoms with Gasteiger partial charge in [0.25, 0.3) is 0 Å². The van der Waals surface area contributed by atoms with Crippen LogP contribution >= 0.6 is 11.3 Å². The number of halogens is 1. The first kappa shape index (κ1) is 17.3. The van der Waals surface area contributed by atoms with Gasteiger partial charge in [-0.1, -0.05) is 6.07 Å². The third-order valence-corrected chi connectivity index (χ3v) is 5.34. The summed E-state index contributed by atoms with van der Waals surface area (Å²) >= 11 is 1.53. The SMILES string of the molecule is COc1cc(F)ccc1C1C(c2nc(C)cs2)=C(C)N=C(C)C1C#N. The van der Waals surface area contributed by atoms with E-state index in [0.29, 0.717) is 5.75 Å². The fourth-order valence-electron chi connectivity index (χ4n) is 3.24. The molecule has 3 rings (SSSR count). The third kappa shape index (κ3) is 3.08. The zero-order chi connectivity index (χ0) is 18.1. The van der Waals surface area contributed by atoms with E-state index >= 15 is 0 Å². The molecule has 25 heavy (non-hydrogen) atoms. The molecule has 1 aliphatic heterocycles. The van der Waals surface area contributed by atoms with Gasteiger partial charge >= 0.3 is 0 Å². The smallest absolute Gasteiger partial charge is 0.126 e. The minimum Gasteiger partial charge on any atom is -0.496 e. The van der Waals surface area contributed by atoms with Crippen LogP contribution in [0.4, 0.5) is 4.39 Å². The number of hydrogen-bond acceptors (Lipinski definition) is 5. The summed E-state index contributed by atoms with van der Waals surface area (Å²) in [6.45, 7) is 5.71. The van der Waals surface area contributed by atoms with Gasteiger partial charge in [0.05, 0.1) is 19.1 Å². The lowest BCUT2D eigenvalue weighted by Crippen LogP contribution is -2.25. The van der Waals surface area contributed by atoms with Crippen molar-refractivity contribution < 1.29 is 9.13 Å². The van der Waals surface area contributed by atoms with Crippen LogP contribution < -0.4 is 4.74 Å². The Balaban J connectivity index is 2.26. The van der Waals surface area contributed by atoms with Crippen molar-refractivity contribution in [2.45, 2.75) is 26.7 Å². The van der Waals surface area contributed by atoms with Crippen molar-refractivity contribution >= 4 is 22.6 Å². The Hall–Kier alpha value is -2.52. The van der Waals surface area contributed by atoms with Gasteiger partial charge < -0.3 is 4.74 Å². The van der Waals surface area contributed by atoms with Crippen molar-refractivity contribution in [3.05, 3.63) is 51.4 Å². The zero-order valence-electron chi connectivity index (χ0n) is 14.5. The second-order valence-electron chi connectivity index (χ2n) is 6.02. The van der Waals surface area contributed by atoms with Gasteiger partial charge in [-0.05, 0) is 26.8 Å². The third-order valence-electron chi connectivity index (χ3n) is 4.35. The van der Waals surface area contributed by atoms with Crippen LogP contribution in [0.15, 0.2) is 34.3 Å². The fourth-order valence-corrected chi connectivity index (χ4v) is 4.17. The Labute approximate surface area is 150 Å². The molecule has 2 atom stereocenters. The number of methoxy groups -OCH3 is 1. The van der Waals surface area contributed by atoms with Gasteiger partial charge in [-0.25, -0.2) is 9.37 Å². The number of rotatable bonds is 3. The van der Waals surface area contributed by atoms with Crippen LogP contribution in [-0.2, 0) is 0 Å². The topological polar surface area (TPSA) is 58.3 Å². The van der Waals surface area contributed by atoms with Gasteiger partial charge in [0.1, 0.15) is 16.6 Å². The summed E-state index contributed by atoms with van der Waals surface area (Å²) < 4.78 is 19.1. The molecule has 1 aromatic carbocycles. The molecule has 0 bridgehead atoms. The van der Waals surface area contributed by atoms with E-state index in [0.717, 1.165) is 33.2 Å². The van der Waals surface area contributed by atoms with E-state index in [9.17, 15) is 9.65 Å². The molecule has 2 heterocycles. The molecule has 0 spiro atoms. The van der Waals surface area contributed by atoms with E-state index in [-0.39, 0.29) is 11.7 Å². The second-order valence-corrected chi connectivity index (χ2v) is 6.88. The minimum absolute atomic E-state index is 0.302. The molecule has 0 amide bonds. The van der Waals surface area contributed by atoms with E-state index < -0.39 is 5.92 Å². The minimum atomic E-state index is -0.456. The average molecular weight is 355 g/mol. The van der Waals surface area contributed by atoms with Gasteiger partial charge in [-0.2, -0.15) is 5.26 Å². The van der Waals surface area contributed by atoms with E-state index in [2.05, 4.69) is 16.0 Å². The Kier molecular flexibility index (Phi) is 4.69. The van der Waals surface area contributed by atoms with E-state index in [1.807, 2.05) is 26.2 Å². The molecule has 4 nitrogen and oxygen atoms in total. The van der Waals surface area contributed by atoms with Gasteiger partial charge in [-0.15, -0.1) is 11.3 Å². The normalized spacial score (nSPS) is 20.2. The van der Waals surface area contributed by atoms with Crippen molar-refractivity contribution in [2.75, 3.05) is 7.11 Å². The maximum atomic E-state index is 13.7. The number of aliphatic imine (C=N–C) groups is 1. The number of ether oxygens (including phenoxy) is 1. The summed E-state index contributed by atoms with van der Waals surface area (Å²) in [5, 5.41) is 12.6. The predicted octanol–water partition coefficient (Wildman–Crippen LogP) is 4.73. The number of allylic oxidation sites excluding steroid dienone is 2. The highest BCUT2D eigenvalue weighted by molar-refractivity contribution is 7.10. The summed E-state index contributed by atoms with van der Waals surface area (Å²) in [7, 11) is 1.51. The molecule has 2 aromatic rings. The first-order chi connectivity index (χ1) is 12.0. The number of aromatic nitrogens is 1. The molecule has 0 radical (unpaired) electrons. The number of aryl methyl sites for hydroxylation is 1. The van der Waals surface area contributed by atoms with Crippen molar-refractivity contribution in [3.63, 3.8) is 0 Å². The van der Waals surface area contributed by atoms with Gasteiger partial charge in [0.2, 0.25) is 0 Å². The highest BCUT2D eigenvalue weighted by atomic mass is 32.1. The predicted molar refractivity (Wildman–Crippen MR) is 97.4 cm³/mol. The van der Waals surface area contributed by atoms with E-state index in [4.69, 9.17) is 4.74 Å². The average Bonchev–Trinajstić information content (AvgIpc) is 3.00. The second kappa shape index (κ2) is 6.77. The standard InChI is InChI=1S/C19H18FN3OS/c1-10-9-25-19(22-10)17-12(3)23-11(2)15(8-21)18(17)14-6-5-13(20)7-16(14)24-4/h5-7,9,15,18H,1-4H3. The number of benzene rings is 1. The van der Waals surface area contributed by atoms with Crippen LogP contribution in [0.2, 0.25) is 0 Å². The molecular weight excluding hydrogens is 337 g/mol. The lowest BCUT2D eigenvalue weighted by molar-refractivity contribution is 0.403. The van der Waals surface area contributed by atoms with Crippen LogP contribution in [0.25, 0.3) is 5.57 Å². The molecular formula is C19H18FN3OS. The molecule has 128 valence electrons. The summed E-state index contributed by atoms with van der Waals surface area (Å²) in [5.74, 6) is -0.702. The molecule has 0 fully saturated rings. The molecule has 1 aliphatic rings. The summed E-state index contributed by atoms with van der Waals surface area (Å²) in [5.41, 5.74) is 4.17. The van der Waals surface area contributed by atoms with E-state index in [1.165, 1.54) is 30.6 Å². The zero-order valence-corrected chi connectivity index (χ0v) is 15.3. The lowest BCUT2D eigenvalue weighted by atomic mass is 9.76. The molecule has 2 unspecified atom stereocenters. The molecule has 0 aliphatic carbocycles. The Bertz CT molecular complexity index is 923. The van der Waals surface area contributed by atoms with Gasteiger partial charge in [0, 0.05) is 45.6 Å². The Morgan fingerprint density at radius 1 is 1.28 bits per heavy atom. The number of hydrogen-bond donors (Lipinski definition) is 0. The Morgan fingerprint density at radius 2 is 2.04 bits per heavy atom. The van der Waals surface area contributed by atoms with Crippen LogP contribution in [0.5, 0.6) is 5.75 Å². The molecule has 0 saturated heterocycles. The van der Waals surface area contributed by atoms with Crippen LogP contribution in [-0.4, -0.2) is 17.8 Å². The largest absolute Gasteiger partial charge is 0.496 e. The molecule has 1 aromatic heterocycles. The maximum Gasteiger partial charge on any atom is 0.126 e. The van der Waals surface area contributed by atoms with Crippen molar-refractivity contribution in [1.29, 1.82) is 5.26 Å². The molecule has 0 saturated carbocycles. The number of thiazole rings is 1. The van der Waals surface area contributed by atoms with Crippen molar-refractivity contribution in [2.24, 2.45) is 10.9 Å². The highest BCUT2D eigenvalue weighted by Gasteiger charge is 2.37. The number of nitriles is 1. The first-order valence-electron chi connectivity index (χ1n) is 7.87. The lowest BCUT2D eigenvalue weighted by Gasteiger charge is -2.30. The van der Waals surface area contributed by atoms with Crippen LogP contribution in [0.1, 0.15) is 36.0 Å². The van der Waals surface area contributed by atoms with Crippen molar-refractivity contribution in [1.82, 2.24) is 4.98 Å². The van der Waals surface area contributed by atoms with Crippen LogP contribution in [0, 0.1) is 30.0 Å². The monoisotopic (exact) mass is 355 g/mol. The molecule has 0 N–H and O–H groups in total. The summed E-state index contributed by atoms with van der Waals surface area (Å²) in [4.78, 5) is 9.17. The van der Waals surface area contributed by atoms with Gasteiger partial charge in [0.15, 0.2) is 0 Å². The molecule has 6 heteroatoms. The quantitative estimate of drug-likeness (QED) is 0.800. The van der Waals surface area contributed by atoms with Crippen molar-refractivity contribution in [3.8, 4) is 11.8 Å². The van der Waals surface area contributed by atoms with E-state index in [1.54, 1.807) is 6.07 Å². The Morgan fingerprint density at radius 3 is 2.64 bits per heavy atom. The maximum absolute atomic E-state index is 13.7. The fraction of sp³-hybridized carbons (Fsp3) is 0.316.